The van der Waals surface area contributed by atoms with Crippen LogP contribution in [0.15, 0.2) is 36.5 Å². The van der Waals surface area contributed by atoms with Crippen LogP contribution in [0.4, 0.5) is 5.69 Å². The number of carbonyl (C=O) groups excluding carboxylic acids is 1. The number of hydrogen-bond donors (Lipinski definition) is 1. The van der Waals surface area contributed by atoms with Crippen molar-refractivity contribution < 1.29 is 9.53 Å². The predicted molar refractivity (Wildman–Crippen MR) is 74.6 cm³/mol. The van der Waals surface area contributed by atoms with E-state index in [1.807, 2.05) is 19.1 Å². The molecule has 2 rings (SSSR count). The molecule has 5 heteroatoms. The number of aromatic nitrogens is 1. The van der Waals surface area contributed by atoms with Crippen LogP contribution in [-0.2, 0) is 0 Å². The number of hydrogen-bond acceptors (Lipinski definition) is 4. The highest BCUT2D eigenvalue weighted by Crippen LogP contribution is 2.21. The molecule has 0 atom stereocenters. The van der Waals surface area contributed by atoms with E-state index >= 15 is 0 Å². The monoisotopic (exact) mass is 267 g/mol. The first-order valence-corrected chi connectivity index (χ1v) is 5.96. The molecule has 0 aliphatic heterocycles. The van der Waals surface area contributed by atoms with Gasteiger partial charge >= 0.3 is 0 Å². The zero-order valence-corrected chi connectivity index (χ0v) is 11.2. The molecule has 0 fully saturated rings. The molecule has 0 aliphatic carbocycles. The van der Waals surface area contributed by atoms with Crippen LogP contribution < -0.4 is 10.1 Å². The van der Waals surface area contributed by atoms with E-state index < -0.39 is 0 Å². The van der Waals surface area contributed by atoms with Gasteiger partial charge in [-0.2, -0.15) is 5.26 Å². The Hall–Kier alpha value is -2.87. The summed E-state index contributed by atoms with van der Waals surface area (Å²) in [5.41, 5.74) is 2.18. The van der Waals surface area contributed by atoms with Gasteiger partial charge in [0.25, 0.3) is 5.91 Å². The predicted octanol–water partition coefficient (Wildman–Crippen LogP) is 2.52. The Labute approximate surface area is 116 Å². The van der Waals surface area contributed by atoms with E-state index in [4.69, 9.17) is 10.00 Å². The quantitative estimate of drug-likeness (QED) is 0.927. The Kier molecular flexibility index (Phi) is 3.96. The van der Waals surface area contributed by atoms with Crippen LogP contribution in [0, 0.1) is 18.3 Å². The van der Waals surface area contributed by atoms with Crippen LogP contribution in [0.1, 0.15) is 21.6 Å². The van der Waals surface area contributed by atoms with Crippen LogP contribution in [0.3, 0.4) is 0 Å². The number of ether oxygens (including phenoxy) is 1. The average molecular weight is 267 g/mol. The number of pyridine rings is 1. The minimum absolute atomic E-state index is 0.206. The van der Waals surface area contributed by atoms with Crippen LogP contribution >= 0.6 is 0 Å². The first-order valence-electron chi connectivity index (χ1n) is 5.96. The molecule has 1 N–H and O–H groups in total. The lowest BCUT2D eigenvalue weighted by molar-refractivity contribution is 0.102. The fraction of sp³-hybridized carbons (Fsp3) is 0.133. The van der Waals surface area contributed by atoms with Gasteiger partial charge in [-0.3, -0.25) is 9.78 Å². The van der Waals surface area contributed by atoms with Gasteiger partial charge < -0.3 is 10.1 Å². The Balaban J connectivity index is 2.19. The number of rotatable bonds is 3. The van der Waals surface area contributed by atoms with Crippen molar-refractivity contribution in [3.8, 4) is 11.8 Å². The number of benzene rings is 1. The molecular weight excluding hydrogens is 254 g/mol. The maximum Gasteiger partial charge on any atom is 0.274 e. The normalized spacial score (nSPS) is 9.65. The lowest BCUT2D eigenvalue weighted by atomic mass is 10.2. The second-order valence-corrected chi connectivity index (χ2v) is 4.18. The van der Waals surface area contributed by atoms with Crippen LogP contribution in [0.5, 0.6) is 5.75 Å². The molecular formula is C15H13N3O2. The van der Waals surface area contributed by atoms with Crippen molar-refractivity contribution in [1.29, 1.82) is 5.26 Å². The highest BCUT2D eigenvalue weighted by Gasteiger charge is 2.09. The van der Waals surface area contributed by atoms with E-state index in [-0.39, 0.29) is 11.6 Å². The van der Waals surface area contributed by atoms with E-state index in [2.05, 4.69) is 10.3 Å². The van der Waals surface area contributed by atoms with Crippen molar-refractivity contribution in [2.75, 3.05) is 12.4 Å². The molecule has 100 valence electrons. The van der Waals surface area contributed by atoms with Gasteiger partial charge in [0.2, 0.25) is 0 Å². The standard InChI is InChI=1S/C15H13N3O2/c1-10-7-12(3-4-14(10)20-2)18-15(19)13-8-11(9-16)5-6-17-13/h3-8H,1-2H3,(H,18,19). The van der Waals surface area contributed by atoms with E-state index in [1.54, 1.807) is 25.3 Å². The number of amides is 1. The number of nitrogens with one attached hydrogen (secondary N) is 1. The van der Waals surface area contributed by atoms with E-state index in [0.717, 1.165) is 11.3 Å². The third-order valence-electron chi connectivity index (χ3n) is 2.77. The van der Waals surface area contributed by atoms with Gasteiger partial charge in [0.15, 0.2) is 0 Å². The van der Waals surface area contributed by atoms with Crippen LogP contribution in [0.2, 0.25) is 0 Å². The Morgan fingerprint density at radius 3 is 2.80 bits per heavy atom. The number of nitrogens with zero attached hydrogens (tertiary/aromatic N) is 2. The van der Waals surface area contributed by atoms with Crippen LogP contribution in [0.25, 0.3) is 0 Å². The topological polar surface area (TPSA) is 75.0 Å². The van der Waals surface area contributed by atoms with Gasteiger partial charge in [0, 0.05) is 11.9 Å². The number of nitriles is 1. The summed E-state index contributed by atoms with van der Waals surface area (Å²) in [5.74, 6) is 0.402. The van der Waals surface area contributed by atoms with Crippen molar-refractivity contribution in [3.05, 3.63) is 53.3 Å². The van der Waals surface area contributed by atoms with Gasteiger partial charge in [-0.1, -0.05) is 0 Å². The summed E-state index contributed by atoms with van der Waals surface area (Å²) >= 11 is 0. The van der Waals surface area contributed by atoms with Gasteiger partial charge in [-0.15, -0.1) is 0 Å². The first kappa shape index (κ1) is 13.6. The summed E-state index contributed by atoms with van der Waals surface area (Å²) in [6.45, 7) is 1.89. The number of carbonyl (C=O) groups is 1. The van der Waals surface area contributed by atoms with Crippen molar-refractivity contribution in [1.82, 2.24) is 4.98 Å². The van der Waals surface area contributed by atoms with Gasteiger partial charge in [-0.25, -0.2) is 0 Å². The molecule has 1 aromatic heterocycles. The van der Waals surface area contributed by atoms with Crippen LogP contribution in [-0.4, -0.2) is 18.0 Å². The van der Waals surface area contributed by atoms with Gasteiger partial charge in [-0.05, 0) is 42.8 Å². The third kappa shape index (κ3) is 2.93. The molecule has 0 saturated carbocycles. The number of aryl methyl sites for hydroxylation is 1. The molecule has 0 bridgehead atoms. The number of methoxy groups -OCH3 is 1. The molecule has 0 unspecified atom stereocenters. The SMILES string of the molecule is COc1ccc(NC(=O)c2cc(C#N)ccn2)cc1C. The van der Waals surface area contributed by atoms with Crippen molar-refractivity contribution in [3.63, 3.8) is 0 Å². The fourth-order valence-corrected chi connectivity index (χ4v) is 1.78. The molecule has 1 heterocycles. The van der Waals surface area contributed by atoms with E-state index in [1.165, 1.54) is 12.3 Å². The van der Waals surface area contributed by atoms with Gasteiger partial charge in [0.05, 0.1) is 18.7 Å². The highest BCUT2D eigenvalue weighted by molar-refractivity contribution is 6.03. The molecule has 2 aromatic rings. The van der Waals surface area contributed by atoms with E-state index in [0.29, 0.717) is 11.3 Å². The minimum Gasteiger partial charge on any atom is -0.496 e. The fourth-order valence-electron chi connectivity index (χ4n) is 1.78. The third-order valence-corrected chi connectivity index (χ3v) is 2.77. The molecule has 5 nitrogen and oxygen atoms in total. The molecule has 20 heavy (non-hydrogen) atoms. The molecule has 0 saturated heterocycles. The summed E-state index contributed by atoms with van der Waals surface area (Å²) in [4.78, 5) is 16.0. The largest absolute Gasteiger partial charge is 0.496 e. The maximum absolute atomic E-state index is 12.0. The summed E-state index contributed by atoms with van der Waals surface area (Å²) in [7, 11) is 1.60. The lowest BCUT2D eigenvalue weighted by Gasteiger charge is -2.08. The zero-order chi connectivity index (χ0) is 14.5. The van der Waals surface area contributed by atoms with Crippen molar-refractivity contribution in [2.45, 2.75) is 6.92 Å². The minimum atomic E-state index is -0.355. The summed E-state index contributed by atoms with van der Waals surface area (Å²) in [6, 6.07) is 10.3. The molecule has 0 aliphatic rings. The maximum atomic E-state index is 12.0. The summed E-state index contributed by atoms with van der Waals surface area (Å²) in [5, 5.41) is 11.5. The van der Waals surface area contributed by atoms with E-state index in [9.17, 15) is 4.79 Å². The second-order valence-electron chi connectivity index (χ2n) is 4.18. The Morgan fingerprint density at radius 2 is 2.15 bits per heavy atom. The molecule has 0 radical (unpaired) electrons. The number of anilines is 1. The van der Waals surface area contributed by atoms with Crippen molar-refractivity contribution >= 4 is 11.6 Å². The highest BCUT2D eigenvalue weighted by atomic mass is 16.5. The molecule has 0 spiro atoms. The second kappa shape index (κ2) is 5.85. The average Bonchev–Trinajstić information content (AvgIpc) is 2.47. The summed E-state index contributed by atoms with van der Waals surface area (Å²) < 4.78 is 5.16. The van der Waals surface area contributed by atoms with Gasteiger partial charge in [0.1, 0.15) is 11.4 Å². The Morgan fingerprint density at radius 1 is 1.35 bits per heavy atom. The Bertz CT molecular complexity index is 690. The lowest BCUT2D eigenvalue weighted by Crippen LogP contribution is -2.13. The summed E-state index contributed by atoms with van der Waals surface area (Å²) in [6.07, 6.45) is 1.44. The smallest absolute Gasteiger partial charge is 0.274 e. The molecule has 1 amide bonds. The molecule has 1 aromatic carbocycles. The first-order chi connectivity index (χ1) is 9.63. The zero-order valence-electron chi connectivity index (χ0n) is 11.2. The van der Waals surface area contributed by atoms with Crippen molar-refractivity contribution in [2.24, 2.45) is 0 Å².